The summed E-state index contributed by atoms with van der Waals surface area (Å²) in [7, 11) is 18.1. The van der Waals surface area contributed by atoms with Gasteiger partial charge in [-0.3, -0.25) is 0 Å². The van der Waals surface area contributed by atoms with Crippen molar-refractivity contribution in [2.45, 2.75) is 468 Å². The summed E-state index contributed by atoms with van der Waals surface area (Å²) < 4.78 is 14.7. The Hall–Kier alpha value is 1.39. The summed E-state index contributed by atoms with van der Waals surface area (Å²) in [4.78, 5) is 28.0. The molecule has 634 valence electrons. The monoisotopic (exact) mass is 1720 g/mol. The minimum absolute atomic E-state index is 0.0149. The number of hydrogen-bond acceptors (Lipinski definition) is 10. The van der Waals surface area contributed by atoms with Crippen LogP contribution in [0.2, 0.25) is 0 Å². The maximum Gasteiger partial charge on any atom is 0.508 e. The van der Waals surface area contributed by atoms with Crippen LogP contribution < -0.4 is 0 Å². The molecule has 0 radical (unpaired) electrons. The van der Waals surface area contributed by atoms with Crippen LogP contribution in [0.5, 0.6) is 0 Å². The van der Waals surface area contributed by atoms with Gasteiger partial charge in [0.1, 0.15) is 6.61 Å². The van der Waals surface area contributed by atoms with E-state index < -0.39 is 6.16 Å². The van der Waals surface area contributed by atoms with E-state index in [4.69, 9.17) is 46.5 Å². The van der Waals surface area contributed by atoms with E-state index in [1.807, 2.05) is 13.8 Å². The second-order valence-electron chi connectivity index (χ2n) is 29.8. The van der Waals surface area contributed by atoms with Crippen LogP contribution in [-0.4, -0.2) is 62.2 Å². The van der Waals surface area contributed by atoms with Gasteiger partial charge in [0.2, 0.25) is 0 Å². The Morgan fingerprint density at radius 1 is 0.352 bits per heavy atom. The number of epoxide rings is 1. The molecule has 2 N–H and O–H groups in total. The third kappa shape index (κ3) is 126. The lowest BCUT2D eigenvalue weighted by molar-refractivity contribution is -0.191. The fraction of sp³-hybridized carbons (Fsp3) is 0.976. The van der Waals surface area contributed by atoms with Gasteiger partial charge in [0.05, 0.1) is 26.4 Å². The molecule has 0 saturated carbocycles. The molecule has 1 heterocycles. The third-order valence-corrected chi connectivity index (χ3v) is 40.9. The summed E-state index contributed by atoms with van der Waals surface area (Å²) in [6.07, 6.45) is 84.1. The van der Waals surface area contributed by atoms with Gasteiger partial charge >= 0.3 is 12.3 Å². The van der Waals surface area contributed by atoms with Crippen molar-refractivity contribution >= 4 is 132 Å². The lowest BCUT2D eigenvalue weighted by Gasteiger charge is -2.26. The van der Waals surface area contributed by atoms with Crippen LogP contribution in [0.3, 0.4) is 0 Å². The molecular weight excluding hydrogens is 1550 g/mol. The highest BCUT2D eigenvalue weighted by molar-refractivity contribution is 8.75. The molecule has 0 aliphatic carbocycles. The second-order valence-corrected chi connectivity index (χ2v) is 49.3. The van der Waals surface area contributed by atoms with Crippen molar-refractivity contribution in [2.24, 2.45) is 23.2 Å². The van der Waals surface area contributed by atoms with Crippen molar-refractivity contribution < 1.29 is 38.8 Å². The molecule has 1 aliphatic heterocycles. The van der Waals surface area contributed by atoms with Crippen molar-refractivity contribution in [2.75, 3.05) is 39.6 Å². The molecule has 1 saturated heterocycles. The molecule has 21 heteroatoms. The Kier molecular flexibility index (Phi) is 125. The predicted molar refractivity (Wildman–Crippen MR) is 500 cm³/mol. The van der Waals surface area contributed by atoms with Gasteiger partial charge in [-0.1, -0.05) is 436 Å². The number of carbonyl (C=O) groups is 1. The average molecular weight is 1730 g/mol. The first-order chi connectivity index (χ1) is 51.4. The molecule has 0 aromatic rings. The molecule has 0 spiro atoms. The SMILES string of the molecule is C1CO1.CC.CCCCCCC(CCCC)CC(C)(C)C.CCCCCCCCCCCCCCC(CCCCCCCCCCCCCC)COC(=O)OCCO.CCCCCCCCCCCCCCC(CO)CCCCCCCCCCCCCC.O=C=O.S=S=S=S=S=S=S=S=S=S=S=S=S. The van der Waals surface area contributed by atoms with Crippen molar-refractivity contribution in [1.29, 1.82) is 0 Å². The number of ether oxygens (including phenoxy) is 3. The summed E-state index contributed by atoms with van der Waals surface area (Å²) in [5, 5.41) is 18.5. The van der Waals surface area contributed by atoms with Gasteiger partial charge in [-0.05, 0) is 55.3 Å². The maximum absolute atomic E-state index is 11.7. The van der Waals surface area contributed by atoms with Crippen molar-refractivity contribution in [1.82, 2.24) is 0 Å². The second kappa shape index (κ2) is 112. The van der Waals surface area contributed by atoms with E-state index in [0.29, 0.717) is 30.5 Å². The molecule has 1 unspecified atom stereocenters. The standard InChI is InChI=1S/C33H66O4.C30H62O.C16H34.C2H4O.C2H6.CO2.S13/c1-3-5-7-9-11-13-15-17-19-21-23-25-27-32(31-37-33(35)36-30-29-34)28-26-24-22-20-18-16-14-12-10-8-6-4-2;1-3-5-7-9-11-13-15-17-19-21-23-25-27-30(29-31)28-26-24-22-20-18-16-14-12-10-8-6-4-2;1-6-8-10-11-13-15(12-9-7-2)14-16(3,4)5;1-2-3-1;1-2;2-1-3;1-3-5-7-9-11-13-12-10-8-6-4-2/h32,34H,3-31H2,1-2H3;30-31H,3-29H2,1-2H3;15H,6-14H2,1-5H3;1-2H2;1-2H3;;. The molecule has 1 fully saturated rings. The molecule has 105 heavy (non-hydrogen) atoms. The van der Waals surface area contributed by atoms with Crippen LogP contribution in [0.15, 0.2) is 0 Å². The average Bonchev–Trinajstić information content (AvgIpc) is 1.76. The number of aliphatic hydroxyl groups excluding tert-OH is 2. The highest BCUT2D eigenvalue weighted by atomic mass is 33.5. The molecule has 0 aromatic heterocycles. The zero-order valence-electron chi connectivity index (χ0n) is 70.3. The smallest absolute Gasteiger partial charge is 0.434 e. The Morgan fingerprint density at radius 3 is 0.781 bits per heavy atom. The summed E-state index contributed by atoms with van der Waals surface area (Å²) >= 11 is 9.40. The summed E-state index contributed by atoms with van der Waals surface area (Å²) in [6, 6.07) is 0. The van der Waals surface area contributed by atoms with Crippen molar-refractivity contribution in [3.8, 4) is 0 Å². The Labute approximate surface area is 695 Å². The number of aliphatic hydroxyl groups is 2. The van der Waals surface area contributed by atoms with Crippen LogP contribution in [0, 0.1) is 23.2 Å². The molecular formula is C84H172O8S13. The third-order valence-electron chi connectivity index (χ3n) is 18.7. The van der Waals surface area contributed by atoms with Gasteiger partial charge in [-0.2, -0.15) is 9.59 Å². The van der Waals surface area contributed by atoms with E-state index in [-0.39, 0.29) is 19.4 Å². The molecule has 1 aliphatic rings. The van der Waals surface area contributed by atoms with Crippen LogP contribution in [0.4, 0.5) is 4.79 Å². The Morgan fingerprint density at radius 2 is 0.562 bits per heavy atom. The van der Waals surface area contributed by atoms with Crippen LogP contribution in [0.25, 0.3) is 0 Å². The fourth-order valence-corrected chi connectivity index (χ4v) is 37.5. The van der Waals surface area contributed by atoms with E-state index in [2.05, 4.69) is 67.1 Å². The molecule has 0 amide bonds. The van der Waals surface area contributed by atoms with Crippen LogP contribution >= 0.6 is 0 Å². The fourth-order valence-electron chi connectivity index (χ4n) is 12.8. The highest BCUT2D eigenvalue weighted by Gasteiger charge is 2.18. The minimum atomic E-state index is -0.636. The van der Waals surface area contributed by atoms with Gasteiger partial charge in [0.25, 0.3) is 0 Å². The van der Waals surface area contributed by atoms with Gasteiger partial charge in [-0.15, -0.1) is 0 Å². The topological polar surface area (TPSA) is 123 Å². The maximum atomic E-state index is 11.7. The van der Waals surface area contributed by atoms with Crippen molar-refractivity contribution in [3.05, 3.63) is 0 Å². The van der Waals surface area contributed by atoms with Crippen LogP contribution in [0.1, 0.15) is 468 Å². The van der Waals surface area contributed by atoms with Crippen molar-refractivity contribution in [3.63, 3.8) is 0 Å². The number of carbonyl (C=O) groups excluding carboxylic acids is 3. The quantitative estimate of drug-likeness (QED) is 0.0346. The van der Waals surface area contributed by atoms with Gasteiger partial charge in [0.15, 0.2) is 0 Å². The van der Waals surface area contributed by atoms with Gasteiger partial charge in [-0.25, -0.2) is 4.79 Å². The van der Waals surface area contributed by atoms with E-state index >= 15 is 0 Å². The van der Waals surface area contributed by atoms with E-state index in [1.54, 1.807) is 79.9 Å². The first kappa shape index (κ1) is 117. The Balaban J connectivity index is -0.000000320. The first-order valence-electron chi connectivity index (χ1n) is 43.6. The largest absolute Gasteiger partial charge is 0.508 e. The number of unbranched alkanes of at least 4 members (excludes halogenated alkanes) is 48. The number of hydrogen-bond donors (Lipinski definition) is 2. The predicted octanol–water partition coefficient (Wildman–Crippen LogP) is 28.3. The molecule has 0 bridgehead atoms. The normalized spacial score (nSPS) is 11.3. The summed E-state index contributed by atoms with van der Waals surface area (Å²) in [5.74, 6) is 2.00. The zero-order chi connectivity index (χ0) is 78.8. The van der Waals surface area contributed by atoms with Crippen LogP contribution in [-0.2, 0) is 144 Å². The summed E-state index contributed by atoms with van der Waals surface area (Å²) in [6.45, 7) is 27.6. The zero-order valence-corrected chi connectivity index (χ0v) is 80.9. The van der Waals surface area contributed by atoms with Gasteiger partial charge in [0, 0.05) is 127 Å². The van der Waals surface area contributed by atoms with E-state index in [1.165, 1.54) is 397 Å². The summed E-state index contributed by atoms with van der Waals surface area (Å²) in [5.41, 5.74) is 0.517. The molecule has 8 nitrogen and oxygen atoms in total. The van der Waals surface area contributed by atoms with E-state index in [0.717, 1.165) is 32.0 Å². The lowest BCUT2D eigenvalue weighted by atomic mass is 9.80. The highest BCUT2D eigenvalue weighted by Crippen LogP contribution is 2.31. The molecule has 0 aromatic carbocycles. The minimum Gasteiger partial charge on any atom is -0.434 e. The first-order valence-corrected chi connectivity index (χ1v) is 59.6. The number of rotatable bonds is 66. The van der Waals surface area contributed by atoms with Gasteiger partial charge < -0.3 is 24.4 Å². The van der Waals surface area contributed by atoms with E-state index in [9.17, 15) is 9.90 Å². The Bertz CT molecular complexity index is 2090. The molecule has 1 atom stereocenters. The lowest BCUT2D eigenvalue weighted by Crippen LogP contribution is -2.16. The molecule has 1 rings (SSSR count).